The molecule has 0 radical (unpaired) electrons. The summed E-state index contributed by atoms with van der Waals surface area (Å²) in [6.07, 6.45) is 2.68. The molecule has 7 heteroatoms. The summed E-state index contributed by atoms with van der Waals surface area (Å²) in [6, 6.07) is 11.2. The lowest BCUT2D eigenvalue weighted by atomic mass is 9.94. The van der Waals surface area contributed by atoms with Crippen molar-refractivity contribution < 1.29 is 9.59 Å². The molecule has 0 fully saturated rings. The molecule has 0 unspecified atom stereocenters. The van der Waals surface area contributed by atoms with Crippen molar-refractivity contribution in [2.75, 3.05) is 26.2 Å². The number of unbranched alkanes of at least 4 members (excludes halogenated alkanes) is 1. The van der Waals surface area contributed by atoms with Crippen LogP contribution in [0.5, 0.6) is 0 Å². The summed E-state index contributed by atoms with van der Waals surface area (Å²) < 4.78 is 0. The van der Waals surface area contributed by atoms with Crippen molar-refractivity contribution in [2.45, 2.75) is 19.3 Å². The van der Waals surface area contributed by atoms with E-state index in [1.807, 2.05) is 36.4 Å². The summed E-state index contributed by atoms with van der Waals surface area (Å²) in [5, 5.41) is 5.04. The number of rotatable bonds is 8. The van der Waals surface area contributed by atoms with Crippen LogP contribution in [0, 0.1) is 0 Å². The predicted octanol–water partition coefficient (Wildman–Crippen LogP) is 3.00. The highest BCUT2D eigenvalue weighted by molar-refractivity contribution is 6.25. The van der Waals surface area contributed by atoms with Gasteiger partial charge in [-0.3, -0.25) is 14.5 Å². The third-order valence-electron chi connectivity index (χ3n) is 4.40. The number of halogens is 2. The van der Waals surface area contributed by atoms with Gasteiger partial charge in [-0.25, -0.2) is 0 Å². The van der Waals surface area contributed by atoms with Crippen LogP contribution in [0.15, 0.2) is 36.4 Å². The Labute approximate surface area is 166 Å². The first kappa shape index (κ1) is 22.4. The van der Waals surface area contributed by atoms with Gasteiger partial charge in [-0.15, -0.1) is 24.8 Å². The zero-order chi connectivity index (χ0) is 16.9. The van der Waals surface area contributed by atoms with Crippen LogP contribution in [-0.2, 0) is 0 Å². The van der Waals surface area contributed by atoms with E-state index < -0.39 is 0 Å². The van der Waals surface area contributed by atoms with Gasteiger partial charge < -0.3 is 11.1 Å². The van der Waals surface area contributed by atoms with Gasteiger partial charge >= 0.3 is 0 Å². The first-order valence-electron chi connectivity index (χ1n) is 8.53. The number of carbonyl (C=O) groups excluding carboxylic acids is 2. The van der Waals surface area contributed by atoms with E-state index in [1.165, 1.54) is 4.90 Å². The summed E-state index contributed by atoms with van der Waals surface area (Å²) in [5.74, 6) is -0.360. The third kappa shape index (κ3) is 4.54. The minimum absolute atomic E-state index is 0. The number of hydrogen-bond acceptors (Lipinski definition) is 4. The van der Waals surface area contributed by atoms with E-state index in [-0.39, 0.29) is 36.6 Å². The zero-order valence-electron chi connectivity index (χ0n) is 14.6. The van der Waals surface area contributed by atoms with Crippen LogP contribution < -0.4 is 11.1 Å². The van der Waals surface area contributed by atoms with Gasteiger partial charge in [0.15, 0.2) is 0 Å². The molecule has 2 amide bonds. The largest absolute Gasteiger partial charge is 0.330 e. The number of nitrogens with zero attached hydrogens (tertiary/aromatic N) is 1. The molecule has 2 aromatic carbocycles. The minimum Gasteiger partial charge on any atom is -0.330 e. The van der Waals surface area contributed by atoms with Gasteiger partial charge in [0.05, 0.1) is 0 Å². The molecule has 0 atom stereocenters. The molecule has 2 aromatic rings. The van der Waals surface area contributed by atoms with E-state index in [0.29, 0.717) is 24.2 Å². The number of carbonyl (C=O) groups is 2. The van der Waals surface area contributed by atoms with Crippen molar-refractivity contribution in [3.8, 4) is 0 Å². The van der Waals surface area contributed by atoms with Gasteiger partial charge in [0.25, 0.3) is 11.8 Å². The molecule has 1 aliphatic heterocycles. The lowest BCUT2D eigenvalue weighted by Crippen LogP contribution is -2.41. The summed E-state index contributed by atoms with van der Waals surface area (Å²) in [6.45, 7) is 2.94. The van der Waals surface area contributed by atoms with Crippen LogP contribution in [0.2, 0.25) is 0 Å². The van der Waals surface area contributed by atoms with Crippen LogP contribution in [0.25, 0.3) is 10.8 Å². The predicted molar refractivity (Wildman–Crippen MR) is 110 cm³/mol. The number of benzene rings is 2. The maximum Gasteiger partial charge on any atom is 0.261 e. The van der Waals surface area contributed by atoms with Gasteiger partial charge in [-0.2, -0.15) is 0 Å². The number of nitrogens with two attached hydrogens (primary N) is 1. The molecule has 0 saturated carbocycles. The van der Waals surface area contributed by atoms with Gasteiger partial charge in [0.1, 0.15) is 0 Å². The van der Waals surface area contributed by atoms with Crippen molar-refractivity contribution in [1.29, 1.82) is 0 Å². The van der Waals surface area contributed by atoms with E-state index in [9.17, 15) is 9.59 Å². The molecule has 0 bridgehead atoms. The van der Waals surface area contributed by atoms with Gasteiger partial charge in [-0.05, 0) is 56.4 Å². The Morgan fingerprint density at radius 3 is 2.00 bits per heavy atom. The first-order valence-corrected chi connectivity index (χ1v) is 8.53. The van der Waals surface area contributed by atoms with E-state index in [1.54, 1.807) is 0 Å². The van der Waals surface area contributed by atoms with E-state index >= 15 is 0 Å². The van der Waals surface area contributed by atoms with Gasteiger partial charge in [0, 0.05) is 23.1 Å². The second-order valence-corrected chi connectivity index (χ2v) is 6.07. The molecule has 0 saturated heterocycles. The van der Waals surface area contributed by atoms with Crippen LogP contribution in [0.3, 0.4) is 0 Å². The zero-order valence-corrected chi connectivity index (χ0v) is 16.2. The Morgan fingerprint density at radius 2 is 1.42 bits per heavy atom. The Hall–Kier alpha value is -1.66. The molecular formula is C19H25Cl2N3O2. The third-order valence-corrected chi connectivity index (χ3v) is 4.40. The Kier molecular flexibility index (Phi) is 9.02. The normalized spacial score (nSPS) is 12.7. The van der Waals surface area contributed by atoms with E-state index in [4.69, 9.17) is 5.73 Å². The maximum absolute atomic E-state index is 12.7. The molecule has 1 heterocycles. The quantitative estimate of drug-likeness (QED) is 0.530. The highest BCUT2D eigenvalue weighted by atomic mass is 35.5. The summed E-state index contributed by atoms with van der Waals surface area (Å²) in [7, 11) is 0. The Bertz CT molecular complexity index is 717. The Balaban J connectivity index is 0.00000169. The summed E-state index contributed by atoms with van der Waals surface area (Å²) in [5.41, 5.74) is 6.70. The average Bonchev–Trinajstić information content (AvgIpc) is 2.61. The monoisotopic (exact) mass is 397 g/mol. The number of nitrogens with one attached hydrogen (secondary N) is 1. The molecule has 0 aromatic heterocycles. The van der Waals surface area contributed by atoms with Gasteiger partial charge in [-0.1, -0.05) is 24.3 Å². The van der Waals surface area contributed by atoms with Crippen LogP contribution in [0.4, 0.5) is 0 Å². The topological polar surface area (TPSA) is 75.4 Å². The van der Waals surface area contributed by atoms with Crippen molar-refractivity contribution in [3.63, 3.8) is 0 Å². The highest BCUT2D eigenvalue weighted by Crippen LogP contribution is 2.29. The second-order valence-electron chi connectivity index (χ2n) is 6.07. The number of imide groups is 1. The molecule has 142 valence electrons. The fraction of sp³-hybridized carbons (Fsp3) is 0.368. The van der Waals surface area contributed by atoms with E-state index in [2.05, 4.69) is 5.32 Å². The summed E-state index contributed by atoms with van der Waals surface area (Å²) in [4.78, 5) is 26.8. The maximum atomic E-state index is 12.7. The highest BCUT2D eigenvalue weighted by Gasteiger charge is 2.31. The standard InChI is InChI=1S/C19H23N3O2.2ClH/c20-10-5-12-21-11-1-2-13-22-18(23)15-8-3-6-14-7-4-9-16(17(14)15)19(22)24;;/h3-4,6-9,21H,1-2,5,10-13,20H2;2*1H. The first-order chi connectivity index (χ1) is 11.7. The lowest BCUT2D eigenvalue weighted by Gasteiger charge is -2.27. The number of hydrogen-bond donors (Lipinski definition) is 2. The molecule has 0 aliphatic carbocycles. The van der Waals surface area contributed by atoms with Crippen LogP contribution >= 0.6 is 24.8 Å². The lowest BCUT2D eigenvalue weighted by molar-refractivity contribution is 0.0608. The molecular weight excluding hydrogens is 373 g/mol. The van der Waals surface area contributed by atoms with Crippen LogP contribution in [0.1, 0.15) is 40.0 Å². The average molecular weight is 398 g/mol. The molecule has 26 heavy (non-hydrogen) atoms. The van der Waals surface area contributed by atoms with Gasteiger partial charge in [0.2, 0.25) is 0 Å². The number of amides is 2. The smallest absolute Gasteiger partial charge is 0.261 e. The van der Waals surface area contributed by atoms with Crippen molar-refractivity contribution >= 4 is 47.4 Å². The molecule has 3 N–H and O–H groups in total. The second kappa shape index (κ2) is 10.5. The molecule has 5 nitrogen and oxygen atoms in total. The molecule has 0 spiro atoms. The van der Waals surface area contributed by atoms with E-state index in [0.717, 1.165) is 43.1 Å². The van der Waals surface area contributed by atoms with Crippen molar-refractivity contribution in [1.82, 2.24) is 10.2 Å². The summed E-state index contributed by atoms with van der Waals surface area (Å²) >= 11 is 0. The molecule has 3 rings (SSSR count). The van der Waals surface area contributed by atoms with Crippen molar-refractivity contribution in [3.05, 3.63) is 47.5 Å². The van der Waals surface area contributed by atoms with Crippen LogP contribution in [-0.4, -0.2) is 42.9 Å². The fourth-order valence-corrected chi connectivity index (χ4v) is 3.16. The fourth-order valence-electron chi connectivity index (χ4n) is 3.16. The SMILES string of the molecule is Cl.Cl.NCCCNCCCCN1C(=O)c2cccc3cccc(c23)C1=O. The molecule has 1 aliphatic rings. The minimum atomic E-state index is -0.180. The Morgan fingerprint density at radius 1 is 0.846 bits per heavy atom. The van der Waals surface area contributed by atoms with Crippen molar-refractivity contribution in [2.24, 2.45) is 5.73 Å².